The van der Waals surface area contributed by atoms with Gasteiger partial charge in [-0.15, -0.1) is 0 Å². The van der Waals surface area contributed by atoms with Gasteiger partial charge in [-0.3, -0.25) is 18.5 Å². The van der Waals surface area contributed by atoms with Crippen molar-refractivity contribution in [2.45, 2.75) is 69.9 Å². The van der Waals surface area contributed by atoms with Crippen LogP contribution in [0.15, 0.2) is 40.5 Å². The fourth-order valence-electron chi connectivity index (χ4n) is 6.36. The predicted molar refractivity (Wildman–Crippen MR) is 170 cm³/mol. The van der Waals surface area contributed by atoms with Gasteiger partial charge in [0, 0.05) is 46.6 Å². The summed E-state index contributed by atoms with van der Waals surface area (Å²) in [5.74, 6) is -4.74. The average Bonchev–Trinajstić information content (AvgIpc) is 3.02. The number of nitrogens with zero attached hydrogens (tertiary/aromatic N) is 6. The molecule has 11 nitrogen and oxygen atoms in total. The SMILES string of the molecule is CC(Nc1ncnc2c1cc(C1CCS(O)(O)CC1)c(=O)n2CCCCN=[N+]=[N-])c1cccc(C(F)(F)C2CCNCC2)c1F. The summed E-state index contributed by atoms with van der Waals surface area (Å²) >= 11 is 0. The number of unbranched alkanes of at least 4 members (excludes halogenated alkanes) is 1. The molecule has 0 amide bonds. The van der Waals surface area contributed by atoms with Crippen molar-refractivity contribution in [2.75, 3.05) is 36.5 Å². The van der Waals surface area contributed by atoms with Crippen molar-refractivity contribution >= 4 is 27.4 Å². The molecule has 1 atom stereocenters. The lowest BCUT2D eigenvalue weighted by molar-refractivity contribution is -0.0781. The molecular formula is C30H39F3N8O3S. The lowest BCUT2D eigenvalue weighted by atomic mass is 9.86. The van der Waals surface area contributed by atoms with E-state index in [1.54, 1.807) is 17.6 Å². The maximum atomic E-state index is 15.8. The number of benzene rings is 1. The van der Waals surface area contributed by atoms with Crippen LogP contribution in [0.1, 0.15) is 74.1 Å². The number of aromatic nitrogens is 3. The van der Waals surface area contributed by atoms with Crippen molar-refractivity contribution in [1.82, 2.24) is 19.9 Å². The number of anilines is 1. The quantitative estimate of drug-likeness (QED) is 0.0760. The van der Waals surface area contributed by atoms with E-state index in [0.29, 0.717) is 67.7 Å². The van der Waals surface area contributed by atoms with Gasteiger partial charge in [-0.05, 0) is 76.1 Å². The number of alkyl halides is 2. The van der Waals surface area contributed by atoms with E-state index < -0.39 is 39.9 Å². The lowest BCUT2D eigenvalue weighted by Gasteiger charge is -2.39. The van der Waals surface area contributed by atoms with Crippen molar-refractivity contribution in [3.05, 3.63) is 73.9 Å². The molecule has 4 heterocycles. The molecule has 0 bridgehead atoms. The molecule has 1 unspecified atom stereocenters. The van der Waals surface area contributed by atoms with Crippen molar-refractivity contribution in [3.8, 4) is 0 Å². The highest BCUT2D eigenvalue weighted by Crippen LogP contribution is 2.48. The monoisotopic (exact) mass is 648 g/mol. The van der Waals surface area contributed by atoms with Crippen LogP contribution in [0.2, 0.25) is 0 Å². The third-order valence-corrected chi connectivity index (χ3v) is 10.7. The van der Waals surface area contributed by atoms with Crippen LogP contribution >= 0.6 is 10.6 Å². The first kappa shape index (κ1) is 33.0. The molecule has 3 aromatic rings. The molecule has 2 fully saturated rings. The van der Waals surface area contributed by atoms with E-state index in [9.17, 15) is 13.9 Å². The zero-order valence-electron chi connectivity index (χ0n) is 25.1. The van der Waals surface area contributed by atoms with E-state index in [2.05, 4.69) is 30.6 Å². The molecule has 2 aliphatic heterocycles. The molecule has 2 aliphatic rings. The number of fused-ring (bicyclic) bond motifs is 1. The fourth-order valence-corrected chi connectivity index (χ4v) is 7.89. The topological polar surface area (TPSA) is 161 Å². The number of hydrogen-bond donors (Lipinski definition) is 4. The average molecular weight is 649 g/mol. The number of hydrogen-bond acceptors (Lipinski definition) is 8. The summed E-state index contributed by atoms with van der Waals surface area (Å²) < 4.78 is 68.7. The third kappa shape index (κ3) is 7.23. The fraction of sp³-hybridized carbons (Fsp3) is 0.567. The lowest BCUT2D eigenvalue weighted by Crippen LogP contribution is -2.37. The van der Waals surface area contributed by atoms with E-state index in [0.717, 1.165) is 6.07 Å². The van der Waals surface area contributed by atoms with E-state index in [1.807, 2.05) is 0 Å². The highest BCUT2D eigenvalue weighted by Gasteiger charge is 2.44. The summed E-state index contributed by atoms with van der Waals surface area (Å²) in [4.78, 5) is 25.3. The molecule has 15 heteroatoms. The number of halogens is 3. The largest absolute Gasteiger partial charge is 0.363 e. The van der Waals surface area contributed by atoms with Crippen molar-refractivity contribution in [2.24, 2.45) is 11.0 Å². The van der Waals surface area contributed by atoms with Gasteiger partial charge in [-0.25, -0.2) is 23.1 Å². The van der Waals surface area contributed by atoms with Gasteiger partial charge in [0.1, 0.15) is 23.6 Å². The summed E-state index contributed by atoms with van der Waals surface area (Å²) in [7, 11) is -2.67. The van der Waals surface area contributed by atoms with Gasteiger partial charge < -0.3 is 10.6 Å². The number of rotatable bonds is 11. The van der Waals surface area contributed by atoms with Crippen LogP contribution in [0.5, 0.6) is 0 Å². The molecule has 0 aliphatic carbocycles. The molecule has 0 spiro atoms. The van der Waals surface area contributed by atoms with E-state index in [1.165, 1.54) is 18.5 Å². The summed E-state index contributed by atoms with van der Waals surface area (Å²) in [5, 5.41) is 10.3. The standard InChI is InChI=1S/C30H39F3N8O3S/c1-19(22-5-4-6-25(26(22)31)30(32,33)21-7-12-35-13-8-21)39-27-24-17-23(20-9-15-45(43,44)16-10-20)29(42)41(28(24)37-18-36-27)14-3-2-11-38-40-34/h4-6,17-21,35,43-44H,2-3,7-16H2,1H3,(H,36,37,39). The van der Waals surface area contributed by atoms with Gasteiger partial charge in [0.15, 0.2) is 0 Å². The van der Waals surface area contributed by atoms with Crippen molar-refractivity contribution in [3.63, 3.8) is 0 Å². The normalized spacial score (nSPS) is 19.2. The Morgan fingerprint density at radius 3 is 2.64 bits per heavy atom. The van der Waals surface area contributed by atoms with Gasteiger partial charge in [0.25, 0.3) is 11.5 Å². The second-order valence-electron chi connectivity index (χ2n) is 11.9. The van der Waals surface area contributed by atoms with Crippen LogP contribution in [0.4, 0.5) is 19.0 Å². The molecular weight excluding hydrogens is 609 g/mol. The van der Waals surface area contributed by atoms with Gasteiger partial charge >= 0.3 is 0 Å². The Balaban J connectivity index is 1.50. The Morgan fingerprint density at radius 2 is 1.93 bits per heavy atom. The van der Waals surface area contributed by atoms with Crippen LogP contribution in [-0.2, 0) is 12.5 Å². The summed E-state index contributed by atoms with van der Waals surface area (Å²) in [6, 6.07) is 5.02. The smallest absolute Gasteiger partial charge is 0.278 e. The Labute approximate surface area is 260 Å². The van der Waals surface area contributed by atoms with Crippen LogP contribution < -0.4 is 16.2 Å². The predicted octanol–water partition coefficient (Wildman–Crippen LogP) is 6.91. The molecule has 4 N–H and O–H groups in total. The Morgan fingerprint density at radius 1 is 1.20 bits per heavy atom. The Kier molecular flexibility index (Phi) is 10.2. The second kappa shape index (κ2) is 14.0. The number of nitrogens with one attached hydrogen (secondary N) is 2. The minimum absolute atomic E-state index is 0.0666. The second-order valence-corrected chi connectivity index (χ2v) is 14.3. The van der Waals surface area contributed by atoms with Crippen LogP contribution in [-0.4, -0.2) is 54.8 Å². The minimum atomic E-state index is -3.32. The van der Waals surface area contributed by atoms with Crippen LogP contribution in [0.3, 0.4) is 0 Å². The van der Waals surface area contributed by atoms with Crippen molar-refractivity contribution < 1.29 is 22.3 Å². The molecule has 0 radical (unpaired) electrons. The number of pyridine rings is 1. The maximum Gasteiger partial charge on any atom is 0.278 e. The zero-order valence-corrected chi connectivity index (χ0v) is 25.9. The Bertz CT molecular complexity index is 1620. The first-order valence-corrected chi connectivity index (χ1v) is 17.2. The first-order valence-electron chi connectivity index (χ1n) is 15.3. The molecule has 1 aromatic carbocycles. The number of aryl methyl sites for hydroxylation is 1. The molecule has 0 saturated carbocycles. The van der Waals surface area contributed by atoms with Gasteiger partial charge in [-0.2, -0.15) is 10.6 Å². The summed E-state index contributed by atoms with van der Waals surface area (Å²) in [5.41, 5.74) is 8.63. The maximum absolute atomic E-state index is 15.8. The van der Waals surface area contributed by atoms with Crippen LogP contribution in [0.25, 0.3) is 21.5 Å². The van der Waals surface area contributed by atoms with E-state index >= 15 is 13.2 Å². The molecule has 2 saturated heterocycles. The van der Waals surface area contributed by atoms with Gasteiger partial charge in [-0.1, -0.05) is 23.3 Å². The van der Waals surface area contributed by atoms with Gasteiger partial charge in [0.2, 0.25) is 0 Å². The molecule has 244 valence electrons. The minimum Gasteiger partial charge on any atom is -0.363 e. The van der Waals surface area contributed by atoms with Gasteiger partial charge in [0.05, 0.1) is 17.0 Å². The summed E-state index contributed by atoms with van der Waals surface area (Å²) in [6.45, 7) is 3.16. The van der Waals surface area contributed by atoms with Crippen LogP contribution in [0, 0.1) is 11.7 Å². The van der Waals surface area contributed by atoms with Crippen molar-refractivity contribution in [1.29, 1.82) is 0 Å². The third-order valence-electron chi connectivity index (χ3n) is 8.95. The first-order chi connectivity index (χ1) is 21.5. The van der Waals surface area contributed by atoms with E-state index in [-0.39, 0.29) is 47.9 Å². The molecule has 2 aromatic heterocycles. The highest BCUT2D eigenvalue weighted by atomic mass is 32.3. The Hall–Kier alpha value is -3.36. The molecule has 45 heavy (non-hydrogen) atoms. The number of piperidine rings is 1. The highest BCUT2D eigenvalue weighted by molar-refractivity contribution is 8.24. The molecule has 5 rings (SSSR count). The summed E-state index contributed by atoms with van der Waals surface area (Å²) in [6.07, 6.45) is 3.75. The zero-order chi connectivity index (χ0) is 32.2. The number of azide groups is 1. The van der Waals surface area contributed by atoms with E-state index in [4.69, 9.17) is 5.53 Å².